The van der Waals surface area contributed by atoms with Gasteiger partial charge in [-0.15, -0.1) is 0 Å². The number of aromatic nitrogens is 2. The van der Waals surface area contributed by atoms with Crippen LogP contribution in [-0.2, 0) is 6.42 Å². The first-order chi connectivity index (χ1) is 8.49. The van der Waals surface area contributed by atoms with Gasteiger partial charge in [0.25, 0.3) is 0 Å². The lowest BCUT2D eigenvalue weighted by Gasteiger charge is -2.10. The van der Waals surface area contributed by atoms with Gasteiger partial charge in [0, 0.05) is 11.1 Å². The molecule has 1 aromatic carbocycles. The lowest BCUT2D eigenvalue weighted by Crippen LogP contribution is -1.99. The average molecular weight is 243 g/mol. The molecule has 0 unspecified atom stereocenters. The van der Waals surface area contributed by atoms with Gasteiger partial charge < -0.3 is 5.73 Å². The highest BCUT2D eigenvalue weighted by atomic mass is 15.2. The van der Waals surface area contributed by atoms with E-state index in [1.807, 2.05) is 0 Å². The van der Waals surface area contributed by atoms with Crippen LogP contribution in [0, 0.1) is 19.8 Å². The summed E-state index contributed by atoms with van der Waals surface area (Å²) < 4.78 is 0. The predicted molar refractivity (Wildman–Crippen MR) is 76.5 cm³/mol. The van der Waals surface area contributed by atoms with E-state index in [9.17, 15) is 0 Å². The number of nitrogen functional groups attached to an aromatic ring is 1. The van der Waals surface area contributed by atoms with Crippen LogP contribution in [0.15, 0.2) is 18.2 Å². The summed E-state index contributed by atoms with van der Waals surface area (Å²) in [5, 5.41) is 7.26. The molecule has 3 N–H and O–H groups in total. The lowest BCUT2D eigenvalue weighted by atomic mass is 9.96. The maximum absolute atomic E-state index is 5.97. The standard InChI is InChI=1S/C15H21N3/c1-9(2)7-13-14(17-18-15(13)16)12-8-10(3)5-6-11(12)4/h5-6,8-9H,7H2,1-4H3,(H3,16,17,18). The van der Waals surface area contributed by atoms with Gasteiger partial charge in [-0.2, -0.15) is 5.10 Å². The monoisotopic (exact) mass is 243 g/mol. The lowest BCUT2D eigenvalue weighted by molar-refractivity contribution is 0.649. The largest absolute Gasteiger partial charge is 0.382 e. The fourth-order valence-electron chi connectivity index (χ4n) is 2.22. The van der Waals surface area contributed by atoms with E-state index in [2.05, 4.69) is 56.1 Å². The van der Waals surface area contributed by atoms with Crippen molar-refractivity contribution in [3.8, 4) is 11.3 Å². The van der Waals surface area contributed by atoms with Crippen LogP contribution in [0.25, 0.3) is 11.3 Å². The number of benzene rings is 1. The molecule has 2 rings (SSSR count). The first kappa shape index (κ1) is 12.7. The third-order valence-corrected chi connectivity index (χ3v) is 3.17. The number of H-pyrrole nitrogens is 1. The number of rotatable bonds is 3. The van der Waals surface area contributed by atoms with Gasteiger partial charge >= 0.3 is 0 Å². The Hall–Kier alpha value is -1.77. The topological polar surface area (TPSA) is 54.7 Å². The number of hydrogen-bond acceptors (Lipinski definition) is 2. The third kappa shape index (κ3) is 2.40. The number of nitrogens with zero attached hydrogens (tertiary/aromatic N) is 1. The number of hydrogen-bond donors (Lipinski definition) is 2. The summed E-state index contributed by atoms with van der Waals surface area (Å²) in [5.74, 6) is 1.19. The number of nitrogens with two attached hydrogens (primary N) is 1. The summed E-state index contributed by atoms with van der Waals surface area (Å²) in [6.45, 7) is 8.61. The normalized spacial score (nSPS) is 11.2. The van der Waals surface area contributed by atoms with Crippen LogP contribution in [0.5, 0.6) is 0 Å². The second-order valence-electron chi connectivity index (χ2n) is 5.38. The highest BCUT2D eigenvalue weighted by molar-refractivity contribution is 5.71. The summed E-state index contributed by atoms with van der Waals surface area (Å²) in [7, 11) is 0. The summed E-state index contributed by atoms with van der Waals surface area (Å²) in [6.07, 6.45) is 0.949. The Morgan fingerprint density at radius 3 is 2.67 bits per heavy atom. The van der Waals surface area contributed by atoms with Crippen molar-refractivity contribution in [1.82, 2.24) is 10.2 Å². The SMILES string of the molecule is Cc1ccc(C)c(-c2[nH]nc(N)c2CC(C)C)c1. The molecule has 0 saturated heterocycles. The maximum atomic E-state index is 5.97. The van der Waals surface area contributed by atoms with E-state index in [4.69, 9.17) is 5.73 Å². The van der Waals surface area contributed by atoms with E-state index in [0.717, 1.165) is 17.7 Å². The zero-order chi connectivity index (χ0) is 13.3. The molecule has 0 fully saturated rings. The minimum Gasteiger partial charge on any atom is -0.382 e. The molecule has 0 bridgehead atoms. The Morgan fingerprint density at radius 2 is 2.00 bits per heavy atom. The molecule has 1 aromatic heterocycles. The molecule has 0 aliphatic carbocycles. The maximum Gasteiger partial charge on any atom is 0.149 e. The molecule has 96 valence electrons. The number of aryl methyl sites for hydroxylation is 2. The van der Waals surface area contributed by atoms with E-state index in [-0.39, 0.29) is 0 Å². The van der Waals surface area contributed by atoms with E-state index < -0.39 is 0 Å². The van der Waals surface area contributed by atoms with Crippen molar-refractivity contribution in [2.24, 2.45) is 5.92 Å². The van der Waals surface area contributed by atoms with Gasteiger partial charge in [0.15, 0.2) is 0 Å². The highest BCUT2D eigenvalue weighted by Crippen LogP contribution is 2.30. The number of anilines is 1. The molecule has 0 radical (unpaired) electrons. The molecule has 0 atom stereocenters. The van der Waals surface area contributed by atoms with Crippen LogP contribution in [0.4, 0.5) is 5.82 Å². The molecular weight excluding hydrogens is 222 g/mol. The second kappa shape index (κ2) is 4.84. The first-order valence-electron chi connectivity index (χ1n) is 6.39. The van der Waals surface area contributed by atoms with Gasteiger partial charge in [-0.25, -0.2) is 0 Å². The van der Waals surface area contributed by atoms with Gasteiger partial charge in [0.05, 0.1) is 5.69 Å². The van der Waals surface area contributed by atoms with Crippen molar-refractivity contribution < 1.29 is 0 Å². The molecule has 18 heavy (non-hydrogen) atoms. The molecule has 0 aliphatic rings. The molecule has 1 heterocycles. The highest BCUT2D eigenvalue weighted by Gasteiger charge is 2.15. The van der Waals surface area contributed by atoms with Crippen molar-refractivity contribution in [3.05, 3.63) is 34.9 Å². The molecule has 0 saturated carbocycles. The molecule has 2 aromatic rings. The van der Waals surface area contributed by atoms with E-state index in [0.29, 0.717) is 11.7 Å². The quantitative estimate of drug-likeness (QED) is 0.867. The molecule has 3 nitrogen and oxygen atoms in total. The Morgan fingerprint density at radius 1 is 1.28 bits per heavy atom. The summed E-state index contributed by atoms with van der Waals surface area (Å²) in [5.41, 5.74) is 11.9. The van der Waals surface area contributed by atoms with Gasteiger partial charge in [0.2, 0.25) is 0 Å². The number of nitrogens with one attached hydrogen (secondary N) is 1. The first-order valence-corrected chi connectivity index (χ1v) is 6.39. The Bertz CT molecular complexity index is 553. The Kier molecular flexibility index (Phi) is 3.41. The second-order valence-corrected chi connectivity index (χ2v) is 5.38. The molecular formula is C15H21N3. The Balaban J connectivity index is 2.53. The van der Waals surface area contributed by atoms with Crippen LogP contribution in [0.2, 0.25) is 0 Å². The smallest absolute Gasteiger partial charge is 0.149 e. The van der Waals surface area contributed by atoms with Gasteiger partial charge in [-0.05, 0) is 37.8 Å². The minimum absolute atomic E-state index is 0.564. The van der Waals surface area contributed by atoms with Gasteiger partial charge in [-0.3, -0.25) is 5.10 Å². The van der Waals surface area contributed by atoms with Gasteiger partial charge in [0.1, 0.15) is 5.82 Å². The summed E-state index contributed by atoms with van der Waals surface area (Å²) >= 11 is 0. The van der Waals surface area contributed by atoms with E-state index in [1.165, 1.54) is 16.7 Å². The predicted octanol–water partition coefficient (Wildman–Crippen LogP) is 3.47. The van der Waals surface area contributed by atoms with E-state index >= 15 is 0 Å². The fourth-order valence-corrected chi connectivity index (χ4v) is 2.22. The van der Waals surface area contributed by atoms with Crippen LogP contribution in [0.3, 0.4) is 0 Å². The van der Waals surface area contributed by atoms with Crippen molar-refractivity contribution in [1.29, 1.82) is 0 Å². The van der Waals surface area contributed by atoms with Crippen molar-refractivity contribution in [2.45, 2.75) is 34.1 Å². The van der Waals surface area contributed by atoms with E-state index in [1.54, 1.807) is 0 Å². The van der Waals surface area contributed by atoms with Gasteiger partial charge in [-0.1, -0.05) is 31.5 Å². The molecule has 0 amide bonds. The average Bonchev–Trinajstić information content (AvgIpc) is 2.64. The molecule has 0 aliphatic heterocycles. The zero-order valence-corrected chi connectivity index (χ0v) is 11.5. The van der Waals surface area contributed by atoms with Crippen LogP contribution >= 0.6 is 0 Å². The van der Waals surface area contributed by atoms with Crippen molar-refractivity contribution >= 4 is 5.82 Å². The van der Waals surface area contributed by atoms with Crippen LogP contribution in [-0.4, -0.2) is 10.2 Å². The Labute approximate surface area is 108 Å². The summed E-state index contributed by atoms with van der Waals surface area (Å²) in [4.78, 5) is 0. The number of aromatic amines is 1. The third-order valence-electron chi connectivity index (χ3n) is 3.17. The molecule has 0 spiro atoms. The van der Waals surface area contributed by atoms with Crippen LogP contribution in [0.1, 0.15) is 30.5 Å². The van der Waals surface area contributed by atoms with Crippen molar-refractivity contribution in [2.75, 3.05) is 5.73 Å². The minimum atomic E-state index is 0.564. The zero-order valence-electron chi connectivity index (χ0n) is 11.5. The fraction of sp³-hybridized carbons (Fsp3) is 0.400. The van der Waals surface area contributed by atoms with Crippen molar-refractivity contribution in [3.63, 3.8) is 0 Å². The molecule has 3 heteroatoms. The van der Waals surface area contributed by atoms with Crippen LogP contribution < -0.4 is 5.73 Å². The summed E-state index contributed by atoms with van der Waals surface area (Å²) in [6, 6.07) is 6.45.